The van der Waals surface area contributed by atoms with Crippen LogP contribution in [-0.2, 0) is 4.79 Å². The second-order valence-corrected chi connectivity index (χ2v) is 8.09. The van der Waals surface area contributed by atoms with Gasteiger partial charge in [-0.2, -0.15) is 0 Å². The molecule has 3 rings (SSSR count). The minimum absolute atomic E-state index is 0.0696. The molecule has 1 aromatic heterocycles. The first-order chi connectivity index (χ1) is 13.4. The maximum Gasteiger partial charge on any atom is 0.260 e. The molecular formula is C19H17FN4O2S2. The Morgan fingerprint density at radius 1 is 1.07 bits per heavy atom. The zero-order chi connectivity index (χ0) is 20.1. The molecule has 0 unspecified atom stereocenters. The molecule has 1 heterocycles. The van der Waals surface area contributed by atoms with E-state index in [9.17, 15) is 14.0 Å². The van der Waals surface area contributed by atoms with E-state index in [1.165, 1.54) is 30.0 Å². The number of thioether (sulfide) groups is 1. The molecule has 2 N–H and O–H groups in total. The average Bonchev–Trinajstić information content (AvgIpc) is 3.11. The fourth-order valence-corrected chi connectivity index (χ4v) is 3.88. The van der Waals surface area contributed by atoms with Gasteiger partial charge in [-0.25, -0.2) is 4.39 Å². The van der Waals surface area contributed by atoms with E-state index in [-0.39, 0.29) is 22.4 Å². The van der Waals surface area contributed by atoms with Crippen LogP contribution in [0.3, 0.4) is 0 Å². The number of nitrogens with one attached hydrogen (secondary N) is 2. The van der Waals surface area contributed by atoms with E-state index >= 15 is 0 Å². The first kappa shape index (κ1) is 20.0. The standard InChI is InChI=1S/C19H17FN4O2S2/c1-11-6-5-9-15(12(11)2)21-16(25)10-27-19-24-23-18(28-19)22-17(26)13-7-3-4-8-14(13)20/h3-9H,10H2,1-2H3,(H,21,25)(H,22,23,26). The number of aromatic nitrogens is 2. The topological polar surface area (TPSA) is 84.0 Å². The maximum atomic E-state index is 13.6. The van der Waals surface area contributed by atoms with Crippen LogP contribution in [0.25, 0.3) is 0 Å². The van der Waals surface area contributed by atoms with Gasteiger partial charge in [-0.1, -0.05) is 47.4 Å². The van der Waals surface area contributed by atoms with E-state index in [1.807, 2.05) is 32.0 Å². The van der Waals surface area contributed by atoms with Crippen molar-refractivity contribution < 1.29 is 14.0 Å². The Labute approximate surface area is 169 Å². The zero-order valence-electron chi connectivity index (χ0n) is 15.2. The van der Waals surface area contributed by atoms with Crippen LogP contribution in [0.5, 0.6) is 0 Å². The average molecular weight is 417 g/mol. The molecule has 0 aliphatic rings. The summed E-state index contributed by atoms with van der Waals surface area (Å²) in [6, 6.07) is 11.4. The third kappa shape index (κ3) is 4.93. The second-order valence-electron chi connectivity index (χ2n) is 5.89. The molecule has 28 heavy (non-hydrogen) atoms. The minimum Gasteiger partial charge on any atom is -0.325 e. The number of carbonyl (C=O) groups excluding carboxylic acids is 2. The SMILES string of the molecule is Cc1cccc(NC(=O)CSc2nnc(NC(=O)c3ccccc3F)s2)c1C. The summed E-state index contributed by atoms with van der Waals surface area (Å²) < 4.78 is 14.2. The minimum atomic E-state index is -0.609. The van der Waals surface area contributed by atoms with Crippen molar-refractivity contribution in [1.82, 2.24) is 10.2 Å². The summed E-state index contributed by atoms with van der Waals surface area (Å²) in [5.41, 5.74) is 2.83. The number of aryl methyl sites for hydroxylation is 1. The van der Waals surface area contributed by atoms with Gasteiger partial charge < -0.3 is 5.32 Å². The highest BCUT2D eigenvalue weighted by molar-refractivity contribution is 8.01. The Kier molecular flexibility index (Phi) is 6.37. The van der Waals surface area contributed by atoms with Gasteiger partial charge in [0.2, 0.25) is 11.0 Å². The Morgan fingerprint density at radius 3 is 2.64 bits per heavy atom. The lowest BCUT2D eigenvalue weighted by Gasteiger charge is -2.09. The van der Waals surface area contributed by atoms with Gasteiger partial charge in [0, 0.05) is 5.69 Å². The lowest BCUT2D eigenvalue weighted by molar-refractivity contribution is -0.113. The summed E-state index contributed by atoms with van der Waals surface area (Å²) in [5.74, 6) is -1.21. The van der Waals surface area contributed by atoms with Crippen molar-refractivity contribution >= 4 is 45.7 Å². The number of benzene rings is 2. The molecule has 9 heteroatoms. The van der Waals surface area contributed by atoms with Crippen LogP contribution in [0.4, 0.5) is 15.2 Å². The summed E-state index contributed by atoms with van der Waals surface area (Å²) in [5, 5.41) is 13.4. The number of hydrogen-bond acceptors (Lipinski definition) is 6. The van der Waals surface area contributed by atoms with Crippen LogP contribution in [0.2, 0.25) is 0 Å². The number of nitrogens with zero attached hydrogens (tertiary/aromatic N) is 2. The normalized spacial score (nSPS) is 10.5. The fraction of sp³-hybridized carbons (Fsp3) is 0.158. The molecule has 0 aliphatic heterocycles. The highest BCUT2D eigenvalue weighted by Crippen LogP contribution is 2.26. The van der Waals surface area contributed by atoms with Gasteiger partial charge in [0.15, 0.2) is 4.34 Å². The van der Waals surface area contributed by atoms with E-state index in [1.54, 1.807) is 6.07 Å². The molecule has 3 aromatic rings. The first-order valence-corrected chi connectivity index (χ1v) is 10.1. The van der Waals surface area contributed by atoms with Gasteiger partial charge in [-0.3, -0.25) is 14.9 Å². The molecule has 0 aliphatic carbocycles. The Balaban J connectivity index is 1.54. The third-order valence-electron chi connectivity index (χ3n) is 3.95. The van der Waals surface area contributed by atoms with Gasteiger partial charge in [0.1, 0.15) is 5.82 Å². The van der Waals surface area contributed by atoms with Crippen LogP contribution in [0.15, 0.2) is 46.8 Å². The van der Waals surface area contributed by atoms with Crippen molar-refractivity contribution in [1.29, 1.82) is 0 Å². The van der Waals surface area contributed by atoms with E-state index in [2.05, 4.69) is 20.8 Å². The molecule has 0 saturated heterocycles. The van der Waals surface area contributed by atoms with Crippen LogP contribution in [0, 0.1) is 19.7 Å². The predicted molar refractivity (Wildman–Crippen MR) is 110 cm³/mol. The van der Waals surface area contributed by atoms with Crippen molar-refractivity contribution in [2.75, 3.05) is 16.4 Å². The molecule has 0 radical (unpaired) electrons. The van der Waals surface area contributed by atoms with E-state index in [0.717, 1.165) is 28.2 Å². The Morgan fingerprint density at radius 2 is 1.86 bits per heavy atom. The van der Waals surface area contributed by atoms with Crippen molar-refractivity contribution in [2.24, 2.45) is 0 Å². The van der Waals surface area contributed by atoms with E-state index in [0.29, 0.717) is 4.34 Å². The maximum absolute atomic E-state index is 13.6. The summed E-state index contributed by atoms with van der Waals surface area (Å²) in [6.45, 7) is 3.94. The molecule has 0 fully saturated rings. The highest BCUT2D eigenvalue weighted by Gasteiger charge is 2.15. The van der Waals surface area contributed by atoms with Gasteiger partial charge in [0.25, 0.3) is 5.91 Å². The first-order valence-electron chi connectivity index (χ1n) is 8.32. The van der Waals surface area contributed by atoms with Gasteiger partial charge in [0.05, 0.1) is 11.3 Å². The predicted octanol–water partition coefficient (Wildman–Crippen LogP) is 4.28. The Hall–Kier alpha value is -2.78. The molecule has 0 atom stereocenters. The van der Waals surface area contributed by atoms with Gasteiger partial charge >= 0.3 is 0 Å². The summed E-state index contributed by atoms with van der Waals surface area (Å²) in [4.78, 5) is 24.3. The van der Waals surface area contributed by atoms with Gasteiger partial charge in [-0.15, -0.1) is 10.2 Å². The summed E-state index contributed by atoms with van der Waals surface area (Å²) in [7, 11) is 0. The highest BCUT2D eigenvalue weighted by atomic mass is 32.2. The van der Waals surface area contributed by atoms with Gasteiger partial charge in [-0.05, 0) is 43.2 Å². The van der Waals surface area contributed by atoms with E-state index in [4.69, 9.17) is 0 Å². The monoisotopic (exact) mass is 416 g/mol. The van der Waals surface area contributed by atoms with Crippen LogP contribution in [-0.4, -0.2) is 27.8 Å². The van der Waals surface area contributed by atoms with E-state index < -0.39 is 11.7 Å². The lowest BCUT2D eigenvalue weighted by Crippen LogP contribution is -2.15. The molecule has 0 saturated carbocycles. The number of rotatable bonds is 6. The van der Waals surface area contributed by atoms with Crippen molar-refractivity contribution in [3.8, 4) is 0 Å². The molecule has 0 spiro atoms. The molecule has 0 bridgehead atoms. The number of halogens is 1. The molecule has 6 nitrogen and oxygen atoms in total. The number of amides is 2. The smallest absolute Gasteiger partial charge is 0.260 e. The molecule has 2 amide bonds. The lowest BCUT2D eigenvalue weighted by atomic mass is 10.1. The number of carbonyl (C=O) groups is 2. The summed E-state index contributed by atoms with van der Waals surface area (Å²) in [6.07, 6.45) is 0. The van der Waals surface area contributed by atoms with Crippen molar-refractivity contribution in [3.05, 3.63) is 65.0 Å². The third-order valence-corrected chi connectivity index (χ3v) is 5.92. The summed E-state index contributed by atoms with van der Waals surface area (Å²) >= 11 is 2.33. The van der Waals surface area contributed by atoms with Crippen molar-refractivity contribution in [2.45, 2.75) is 18.2 Å². The quantitative estimate of drug-likeness (QED) is 0.463. The van der Waals surface area contributed by atoms with Crippen LogP contribution >= 0.6 is 23.1 Å². The molecule has 144 valence electrons. The zero-order valence-corrected chi connectivity index (χ0v) is 16.8. The van der Waals surface area contributed by atoms with Crippen LogP contribution in [0.1, 0.15) is 21.5 Å². The number of anilines is 2. The van der Waals surface area contributed by atoms with Crippen LogP contribution < -0.4 is 10.6 Å². The molecule has 2 aromatic carbocycles. The Bertz CT molecular complexity index is 1020. The largest absolute Gasteiger partial charge is 0.325 e. The fourth-order valence-electron chi connectivity index (χ4n) is 2.33. The molecular weight excluding hydrogens is 399 g/mol. The second kappa shape index (κ2) is 8.94. The number of hydrogen-bond donors (Lipinski definition) is 2. The van der Waals surface area contributed by atoms with Crippen molar-refractivity contribution in [3.63, 3.8) is 0 Å².